The van der Waals surface area contributed by atoms with Gasteiger partial charge in [0.05, 0.1) is 6.20 Å². The summed E-state index contributed by atoms with van der Waals surface area (Å²) in [4.78, 5) is 16.7. The maximum Gasteiger partial charge on any atom is 0.222 e. The van der Waals surface area contributed by atoms with Gasteiger partial charge in [0.2, 0.25) is 5.91 Å². The van der Waals surface area contributed by atoms with Crippen molar-refractivity contribution in [1.82, 2.24) is 20.0 Å². The summed E-state index contributed by atoms with van der Waals surface area (Å²) in [5.74, 6) is 0.277. The van der Waals surface area contributed by atoms with Gasteiger partial charge in [-0.15, -0.1) is 0 Å². The number of carbonyl (C=O) groups excluding carboxylic acids is 1. The first-order valence-electron chi connectivity index (χ1n) is 7.27. The van der Waals surface area contributed by atoms with Crippen molar-refractivity contribution in [3.05, 3.63) is 18.0 Å². The maximum absolute atomic E-state index is 12.2. The van der Waals surface area contributed by atoms with Crippen LogP contribution in [-0.2, 0) is 11.2 Å². The molecule has 1 aromatic heterocycles. The molecule has 5 heteroatoms. The molecule has 1 saturated heterocycles. The van der Waals surface area contributed by atoms with Crippen LogP contribution in [0.15, 0.2) is 12.4 Å². The van der Waals surface area contributed by atoms with E-state index in [0.29, 0.717) is 6.42 Å². The number of aryl methyl sites for hydroxylation is 1. The van der Waals surface area contributed by atoms with Gasteiger partial charge in [0.1, 0.15) is 0 Å². The van der Waals surface area contributed by atoms with Crippen LogP contribution in [0.2, 0.25) is 0 Å². The number of H-pyrrole nitrogens is 1. The molecule has 1 amide bonds. The molecule has 0 bridgehead atoms. The smallest absolute Gasteiger partial charge is 0.222 e. The highest BCUT2D eigenvalue weighted by Crippen LogP contribution is 2.07. The Bertz CT molecular complexity index is 377. The van der Waals surface area contributed by atoms with Crippen LogP contribution in [-0.4, -0.2) is 58.6 Å². The summed E-state index contributed by atoms with van der Waals surface area (Å²) >= 11 is 0. The van der Waals surface area contributed by atoms with Crippen LogP contribution in [0.3, 0.4) is 0 Å². The van der Waals surface area contributed by atoms with Crippen molar-refractivity contribution >= 4 is 5.91 Å². The fraction of sp³-hybridized carbons (Fsp3) is 0.714. The molecule has 19 heavy (non-hydrogen) atoms. The first kappa shape index (κ1) is 14.1. The van der Waals surface area contributed by atoms with E-state index in [1.165, 1.54) is 6.42 Å². The highest BCUT2D eigenvalue weighted by Gasteiger charge is 2.18. The van der Waals surface area contributed by atoms with Crippen molar-refractivity contribution in [2.45, 2.75) is 32.6 Å². The Balaban J connectivity index is 1.76. The van der Waals surface area contributed by atoms with Crippen molar-refractivity contribution in [1.29, 1.82) is 0 Å². The van der Waals surface area contributed by atoms with Crippen LogP contribution in [0.1, 0.15) is 31.7 Å². The average Bonchev–Trinajstić information content (AvgIpc) is 2.82. The third-order valence-electron chi connectivity index (χ3n) is 3.66. The SMILES string of the molecule is CCCN1CCCN(C(=O)CCc2cn[nH]c2)CC1. The van der Waals surface area contributed by atoms with Gasteiger partial charge < -0.3 is 9.80 Å². The molecule has 0 saturated carbocycles. The Morgan fingerprint density at radius 2 is 2.26 bits per heavy atom. The van der Waals surface area contributed by atoms with E-state index in [1.807, 2.05) is 11.1 Å². The molecular formula is C14H24N4O. The lowest BCUT2D eigenvalue weighted by Gasteiger charge is -2.21. The summed E-state index contributed by atoms with van der Waals surface area (Å²) < 4.78 is 0. The fourth-order valence-corrected chi connectivity index (χ4v) is 2.58. The largest absolute Gasteiger partial charge is 0.341 e. The van der Waals surface area contributed by atoms with E-state index in [9.17, 15) is 4.79 Å². The molecule has 0 unspecified atom stereocenters. The Morgan fingerprint density at radius 1 is 1.37 bits per heavy atom. The molecule has 5 nitrogen and oxygen atoms in total. The highest BCUT2D eigenvalue weighted by molar-refractivity contribution is 5.76. The van der Waals surface area contributed by atoms with Gasteiger partial charge in [-0.3, -0.25) is 9.89 Å². The number of nitrogens with one attached hydrogen (secondary N) is 1. The topological polar surface area (TPSA) is 52.2 Å². The summed E-state index contributed by atoms with van der Waals surface area (Å²) in [5.41, 5.74) is 1.11. The van der Waals surface area contributed by atoms with E-state index in [-0.39, 0.29) is 5.91 Å². The minimum Gasteiger partial charge on any atom is -0.341 e. The van der Waals surface area contributed by atoms with Crippen molar-refractivity contribution in [3.63, 3.8) is 0 Å². The molecule has 1 aliphatic heterocycles. The quantitative estimate of drug-likeness (QED) is 0.872. The molecule has 2 rings (SSSR count). The number of carbonyl (C=O) groups is 1. The number of hydrogen-bond acceptors (Lipinski definition) is 3. The third kappa shape index (κ3) is 4.35. The van der Waals surface area contributed by atoms with Gasteiger partial charge >= 0.3 is 0 Å². The molecule has 1 N–H and O–H groups in total. The number of aromatic nitrogens is 2. The lowest BCUT2D eigenvalue weighted by atomic mass is 10.2. The van der Waals surface area contributed by atoms with Gasteiger partial charge in [0, 0.05) is 32.3 Å². The third-order valence-corrected chi connectivity index (χ3v) is 3.66. The van der Waals surface area contributed by atoms with Gasteiger partial charge in [-0.05, 0) is 37.9 Å². The first-order chi connectivity index (χ1) is 9.29. The molecule has 1 aromatic rings. The predicted octanol–water partition coefficient (Wildman–Crippen LogP) is 1.29. The number of hydrogen-bond donors (Lipinski definition) is 1. The number of amides is 1. The van der Waals surface area contributed by atoms with Crippen molar-refractivity contribution in [2.24, 2.45) is 0 Å². The Hall–Kier alpha value is -1.36. The molecule has 0 atom stereocenters. The van der Waals surface area contributed by atoms with E-state index in [4.69, 9.17) is 0 Å². The second-order valence-corrected chi connectivity index (χ2v) is 5.18. The van der Waals surface area contributed by atoms with Gasteiger partial charge in [-0.2, -0.15) is 5.10 Å². The zero-order chi connectivity index (χ0) is 13.5. The maximum atomic E-state index is 12.2. The second kappa shape index (κ2) is 7.28. The van der Waals surface area contributed by atoms with Crippen LogP contribution in [0.4, 0.5) is 0 Å². The van der Waals surface area contributed by atoms with Crippen molar-refractivity contribution < 1.29 is 4.79 Å². The fourth-order valence-electron chi connectivity index (χ4n) is 2.58. The van der Waals surface area contributed by atoms with Gasteiger partial charge in [-0.1, -0.05) is 6.92 Å². The predicted molar refractivity (Wildman–Crippen MR) is 74.8 cm³/mol. The Kier molecular flexibility index (Phi) is 5.39. The van der Waals surface area contributed by atoms with Crippen molar-refractivity contribution in [3.8, 4) is 0 Å². The van der Waals surface area contributed by atoms with E-state index < -0.39 is 0 Å². The lowest BCUT2D eigenvalue weighted by Crippen LogP contribution is -2.35. The van der Waals surface area contributed by atoms with Gasteiger partial charge in [-0.25, -0.2) is 0 Å². The van der Waals surface area contributed by atoms with Gasteiger partial charge in [0.25, 0.3) is 0 Å². The van der Waals surface area contributed by atoms with E-state index >= 15 is 0 Å². The number of rotatable bonds is 5. The molecule has 1 fully saturated rings. The Labute approximate surface area is 115 Å². The number of nitrogens with zero attached hydrogens (tertiary/aromatic N) is 3. The standard InChI is InChI=1S/C14H24N4O/c1-2-6-17-7-3-8-18(10-9-17)14(19)5-4-13-11-15-16-12-13/h11-12H,2-10H2,1H3,(H,15,16). The highest BCUT2D eigenvalue weighted by atomic mass is 16.2. The van der Waals surface area contributed by atoms with Crippen LogP contribution < -0.4 is 0 Å². The van der Waals surface area contributed by atoms with E-state index in [2.05, 4.69) is 22.0 Å². The van der Waals surface area contributed by atoms with Crippen LogP contribution in [0, 0.1) is 0 Å². The van der Waals surface area contributed by atoms with Crippen LogP contribution >= 0.6 is 0 Å². The monoisotopic (exact) mass is 264 g/mol. The zero-order valence-corrected chi connectivity index (χ0v) is 11.8. The summed E-state index contributed by atoms with van der Waals surface area (Å²) in [6.45, 7) is 7.29. The van der Waals surface area contributed by atoms with Gasteiger partial charge in [0.15, 0.2) is 0 Å². The minimum atomic E-state index is 0.277. The molecule has 0 aromatic carbocycles. The molecular weight excluding hydrogens is 240 g/mol. The van der Waals surface area contributed by atoms with E-state index in [1.54, 1.807) is 6.20 Å². The lowest BCUT2D eigenvalue weighted by molar-refractivity contribution is -0.131. The summed E-state index contributed by atoms with van der Waals surface area (Å²) in [7, 11) is 0. The summed E-state index contributed by atoms with van der Waals surface area (Å²) in [6.07, 6.45) is 7.31. The summed E-state index contributed by atoms with van der Waals surface area (Å²) in [6, 6.07) is 0. The second-order valence-electron chi connectivity index (χ2n) is 5.18. The minimum absolute atomic E-state index is 0.277. The first-order valence-corrected chi connectivity index (χ1v) is 7.27. The molecule has 1 aliphatic rings. The molecule has 0 spiro atoms. The molecule has 2 heterocycles. The van der Waals surface area contributed by atoms with E-state index in [0.717, 1.165) is 51.1 Å². The zero-order valence-electron chi connectivity index (χ0n) is 11.8. The molecule has 0 radical (unpaired) electrons. The number of aromatic amines is 1. The van der Waals surface area contributed by atoms with Crippen molar-refractivity contribution in [2.75, 3.05) is 32.7 Å². The molecule has 0 aliphatic carbocycles. The molecule has 106 valence electrons. The average molecular weight is 264 g/mol. The Morgan fingerprint density at radius 3 is 3.00 bits per heavy atom. The van der Waals surface area contributed by atoms with Crippen LogP contribution in [0.5, 0.6) is 0 Å². The summed E-state index contributed by atoms with van der Waals surface area (Å²) in [5, 5.41) is 6.68. The normalized spacial score (nSPS) is 17.4. The van der Waals surface area contributed by atoms with Crippen LogP contribution in [0.25, 0.3) is 0 Å².